The van der Waals surface area contributed by atoms with Crippen LogP contribution in [0.15, 0.2) is 24.4 Å². The van der Waals surface area contributed by atoms with Crippen LogP contribution < -0.4 is 5.32 Å². The highest BCUT2D eigenvalue weighted by atomic mass is 16.7. The van der Waals surface area contributed by atoms with E-state index in [0.29, 0.717) is 32.0 Å². The van der Waals surface area contributed by atoms with Gasteiger partial charge in [-0.05, 0) is 56.8 Å². The molecule has 10 nitrogen and oxygen atoms in total. The van der Waals surface area contributed by atoms with Crippen molar-refractivity contribution in [2.24, 2.45) is 11.8 Å². The van der Waals surface area contributed by atoms with Crippen LogP contribution in [0.25, 0.3) is 10.9 Å². The summed E-state index contributed by atoms with van der Waals surface area (Å²) in [5.74, 6) is -3.64. The molecule has 0 saturated carbocycles. The second-order valence-electron chi connectivity index (χ2n) is 12.5. The summed E-state index contributed by atoms with van der Waals surface area (Å²) >= 11 is 0. The Morgan fingerprint density at radius 1 is 1.28 bits per heavy atom. The van der Waals surface area contributed by atoms with E-state index in [0.717, 1.165) is 18.4 Å². The minimum atomic E-state index is -1.98. The third-order valence-corrected chi connectivity index (χ3v) is 10.1. The van der Waals surface area contributed by atoms with E-state index in [9.17, 15) is 19.5 Å². The number of nitrogens with one attached hydrogen (secondary N) is 2. The molecule has 10 heteroatoms. The number of amides is 3. The van der Waals surface area contributed by atoms with Crippen molar-refractivity contribution >= 4 is 28.6 Å². The van der Waals surface area contributed by atoms with Gasteiger partial charge in [0.2, 0.25) is 17.5 Å². The van der Waals surface area contributed by atoms with Crippen molar-refractivity contribution in [3.63, 3.8) is 0 Å². The van der Waals surface area contributed by atoms with E-state index in [2.05, 4.69) is 46.6 Å². The molecule has 5 aliphatic rings. The summed E-state index contributed by atoms with van der Waals surface area (Å²) in [6.07, 6.45) is 4.94. The van der Waals surface area contributed by atoms with Crippen LogP contribution in [0.2, 0.25) is 0 Å². The number of nitrogens with zero attached hydrogens (tertiary/aromatic N) is 3. The molecule has 3 N–H and O–H groups in total. The van der Waals surface area contributed by atoms with E-state index in [1.807, 2.05) is 0 Å². The van der Waals surface area contributed by atoms with Gasteiger partial charge in [-0.3, -0.25) is 24.0 Å². The molecule has 0 spiro atoms. The normalized spacial score (nSPS) is 37.8. The minimum absolute atomic E-state index is 0.182. The van der Waals surface area contributed by atoms with E-state index >= 15 is 0 Å². The molecule has 7 rings (SSSR count). The molecule has 3 amide bonds. The van der Waals surface area contributed by atoms with Crippen molar-refractivity contribution in [2.45, 2.75) is 82.1 Å². The molecule has 1 aromatic carbocycles. The number of H-pyrrole nitrogens is 1. The molecule has 4 saturated heterocycles. The first-order valence-electron chi connectivity index (χ1n) is 14.2. The lowest BCUT2D eigenvalue weighted by atomic mass is 9.72. The summed E-state index contributed by atoms with van der Waals surface area (Å²) in [5, 5.41) is 16.1. The summed E-state index contributed by atoms with van der Waals surface area (Å²) in [4.78, 5) is 49.6. The van der Waals surface area contributed by atoms with Crippen molar-refractivity contribution in [2.75, 3.05) is 20.1 Å². The van der Waals surface area contributed by atoms with Crippen LogP contribution in [-0.2, 0) is 25.5 Å². The summed E-state index contributed by atoms with van der Waals surface area (Å²) in [7, 11) is 2.06. The lowest BCUT2D eigenvalue weighted by molar-refractivity contribution is -0.320. The van der Waals surface area contributed by atoms with E-state index in [1.54, 1.807) is 25.7 Å². The van der Waals surface area contributed by atoms with E-state index in [1.165, 1.54) is 21.4 Å². The van der Waals surface area contributed by atoms with Crippen molar-refractivity contribution < 1.29 is 24.2 Å². The van der Waals surface area contributed by atoms with Gasteiger partial charge in [0, 0.05) is 48.1 Å². The first kappa shape index (κ1) is 25.0. The van der Waals surface area contributed by atoms with Crippen LogP contribution in [0.1, 0.15) is 57.1 Å². The molecule has 1 aromatic heterocycles. The molecular formula is C29H37N5O5. The Labute approximate surface area is 227 Å². The Balaban J connectivity index is 1.20. The largest absolute Gasteiger partial charge is 0.361 e. The smallest absolute Gasteiger partial charge is 0.281 e. The van der Waals surface area contributed by atoms with Crippen LogP contribution in [0, 0.1) is 11.8 Å². The molecule has 208 valence electrons. The number of aliphatic hydroxyl groups is 1. The second-order valence-corrected chi connectivity index (χ2v) is 12.5. The summed E-state index contributed by atoms with van der Waals surface area (Å²) in [6, 6.07) is 5.08. The number of likely N-dealkylation sites (N-methyl/N-ethyl adjacent to an activating group) is 1. The van der Waals surface area contributed by atoms with Gasteiger partial charge in [0.1, 0.15) is 12.1 Å². The van der Waals surface area contributed by atoms with Gasteiger partial charge in [-0.15, -0.1) is 0 Å². The average molecular weight is 536 g/mol. The summed E-state index contributed by atoms with van der Waals surface area (Å²) in [5.41, 5.74) is 1.94. The number of aromatic nitrogens is 1. The zero-order chi connectivity index (χ0) is 27.4. The van der Waals surface area contributed by atoms with Gasteiger partial charge < -0.3 is 25.2 Å². The number of hydrogen-bond donors (Lipinski definition) is 3. The second kappa shape index (κ2) is 8.28. The number of benzene rings is 1. The number of ether oxygens (including phenoxy) is 1. The fourth-order valence-corrected chi connectivity index (χ4v) is 8.11. The fraction of sp³-hybridized carbons (Fsp3) is 0.621. The average Bonchev–Trinajstić information content (AvgIpc) is 3.61. The fourth-order valence-electron chi connectivity index (χ4n) is 8.11. The lowest BCUT2D eigenvalue weighted by Gasteiger charge is -2.47. The van der Waals surface area contributed by atoms with E-state index in [4.69, 9.17) is 4.74 Å². The molecule has 0 bridgehead atoms. The van der Waals surface area contributed by atoms with Gasteiger partial charge in [0.05, 0.1) is 5.92 Å². The summed E-state index contributed by atoms with van der Waals surface area (Å²) in [6.45, 7) is 6.31. The number of carbonyl (C=O) groups excluding carboxylic acids is 3. The minimum Gasteiger partial charge on any atom is -0.361 e. The molecule has 0 radical (unpaired) electrons. The molecule has 0 unspecified atom stereocenters. The summed E-state index contributed by atoms with van der Waals surface area (Å²) < 4.78 is 6.31. The van der Waals surface area contributed by atoms with Crippen LogP contribution in [0.5, 0.6) is 0 Å². The molecular weight excluding hydrogens is 498 g/mol. The van der Waals surface area contributed by atoms with Gasteiger partial charge >= 0.3 is 0 Å². The number of carbonyl (C=O) groups is 3. The predicted molar refractivity (Wildman–Crippen MR) is 142 cm³/mol. The predicted octanol–water partition coefficient (Wildman–Crippen LogP) is 1.49. The lowest BCUT2D eigenvalue weighted by Crippen LogP contribution is -2.70. The Morgan fingerprint density at radius 3 is 2.85 bits per heavy atom. The highest BCUT2D eigenvalue weighted by Gasteiger charge is 2.71. The SMILES string of the molecule is CC(C)[C@@]1(NC(=O)[C@@H]2C[C@@H]3c4cccc5[nH]cc(c45)C[C@H]3N(C)C2)O[C@@]2(O)[C@@H]3CCCN3C(=O)[C@H](C)N2C1=O. The highest BCUT2D eigenvalue weighted by molar-refractivity contribution is 5.97. The number of likely N-dealkylation sites (tertiary alicyclic amines) is 1. The zero-order valence-electron chi connectivity index (χ0n) is 22.9. The van der Waals surface area contributed by atoms with Crippen LogP contribution in [0.4, 0.5) is 0 Å². The number of hydrogen-bond acceptors (Lipinski definition) is 6. The van der Waals surface area contributed by atoms with Crippen molar-refractivity contribution in [1.82, 2.24) is 25.0 Å². The Hall–Kier alpha value is -2.95. The van der Waals surface area contributed by atoms with Crippen molar-refractivity contribution in [3.05, 3.63) is 35.5 Å². The monoisotopic (exact) mass is 535 g/mol. The standard InChI is InChI=1S/C29H37N5O5/c1-15(2)28(27(37)34-16(3)26(36)33-10-6-9-23(33)29(34,38)39-28)31-25(35)18-11-20-19-7-5-8-21-24(19)17(13-30-21)12-22(20)32(4)14-18/h5,7-8,13,15-16,18,20,22-23,30,38H,6,9-12,14H2,1-4H3,(H,31,35)/t16-,18+,20+,22+,23-,28+,29-/m0/s1. The number of piperazine rings is 1. The van der Waals surface area contributed by atoms with E-state index in [-0.39, 0.29) is 23.7 Å². The number of aromatic amines is 1. The molecule has 39 heavy (non-hydrogen) atoms. The number of rotatable bonds is 3. The number of fused-ring (bicyclic) bond motifs is 5. The zero-order valence-corrected chi connectivity index (χ0v) is 22.9. The van der Waals surface area contributed by atoms with Gasteiger partial charge in [-0.25, -0.2) is 0 Å². The first-order valence-corrected chi connectivity index (χ1v) is 14.2. The Morgan fingerprint density at radius 2 is 2.08 bits per heavy atom. The third-order valence-electron chi connectivity index (χ3n) is 10.1. The molecule has 2 aromatic rings. The van der Waals surface area contributed by atoms with Crippen molar-refractivity contribution in [1.29, 1.82) is 0 Å². The molecule has 4 aliphatic heterocycles. The number of piperidine rings is 1. The van der Waals surface area contributed by atoms with Crippen LogP contribution in [-0.4, -0.2) is 92.4 Å². The van der Waals surface area contributed by atoms with Crippen LogP contribution in [0.3, 0.4) is 0 Å². The third kappa shape index (κ3) is 3.22. The maximum atomic E-state index is 14.0. The maximum absolute atomic E-state index is 14.0. The van der Waals surface area contributed by atoms with Crippen LogP contribution >= 0.6 is 0 Å². The molecule has 1 aliphatic carbocycles. The van der Waals surface area contributed by atoms with Crippen molar-refractivity contribution in [3.8, 4) is 0 Å². The van der Waals surface area contributed by atoms with Gasteiger partial charge in [0.25, 0.3) is 11.8 Å². The molecule has 5 heterocycles. The first-order chi connectivity index (χ1) is 18.6. The van der Waals surface area contributed by atoms with E-state index < -0.39 is 35.5 Å². The highest BCUT2D eigenvalue weighted by Crippen LogP contribution is 2.48. The Kier molecular flexibility index (Phi) is 5.32. The quantitative estimate of drug-likeness (QED) is 0.548. The Bertz CT molecular complexity index is 1390. The molecule has 7 atom stereocenters. The maximum Gasteiger partial charge on any atom is 0.281 e. The van der Waals surface area contributed by atoms with Gasteiger partial charge in [0.15, 0.2) is 0 Å². The topological polar surface area (TPSA) is 118 Å². The van der Waals surface area contributed by atoms with Gasteiger partial charge in [-0.2, -0.15) is 0 Å². The van der Waals surface area contributed by atoms with Gasteiger partial charge in [-0.1, -0.05) is 26.0 Å². The molecule has 4 fully saturated rings.